The minimum atomic E-state index is -0.777. The number of nitrogens with one attached hydrogen (secondary N) is 3. The third kappa shape index (κ3) is 3.53. The topological polar surface area (TPSA) is 111 Å². The molecule has 3 rings (SSSR count). The van der Waals surface area contributed by atoms with Crippen molar-refractivity contribution in [1.29, 1.82) is 5.26 Å². The third-order valence-corrected chi connectivity index (χ3v) is 3.78. The van der Waals surface area contributed by atoms with Crippen molar-refractivity contribution in [1.82, 2.24) is 10.2 Å². The summed E-state index contributed by atoms with van der Waals surface area (Å²) < 4.78 is 0. The molecular weight excluding hydrogens is 326 g/mol. The SMILES string of the molecule is N#CSc1ccc(NC(=O)C(=O)Nc2ccc3cn[nH]c3c2)cc1. The summed E-state index contributed by atoms with van der Waals surface area (Å²) in [5, 5.41) is 23.2. The number of thiocyanates is 1. The number of carbonyl (C=O) groups excluding carboxylic acids is 2. The molecule has 3 N–H and O–H groups in total. The van der Waals surface area contributed by atoms with E-state index in [4.69, 9.17) is 5.26 Å². The van der Waals surface area contributed by atoms with Gasteiger partial charge in [-0.05, 0) is 54.2 Å². The van der Waals surface area contributed by atoms with Crippen molar-refractivity contribution in [2.24, 2.45) is 0 Å². The van der Waals surface area contributed by atoms with Crippen molar-refractivity contribution in [3.05, 3.63) is 48.7 Å². The maximum absolute atomic E-state index is 12.0. The summed E-state index contributed by atoms with van der Waals surface area (Å²) in [7, 11) is 0. The molecule has 2 aromatic carbocycles. The molecule has 0 fully saturated rings. The zero-order valence-corrected chi connectivity index (χ0v) is 13.1. The van der Waals surface area contributed by atoms with Gasteiger partial charge < -0.3 is 10.6 Å². The van der Waals surface area contributed by atoms with E-state index in [0.717, 1.165) is 27.6 Å². The monoisotopic (exact) mass is 337 g/mol. The number of benzene rings is 2. The second-order valence-corrected chi connectivity index (χ2v) is 5.66. The number of amides is 2. The highest BCUT2D eigenvalue weighted by atomic mass is 32.2. The number of carbonyl (C=O) groups is 2. The van der Waals surface area contributed by atoms with Crippen molar-refractivity contribution in [2.75, 3.05) is 10.6 Å². The molecule has 0 aliphatic carbocycles. The second-order valence-electron chi connectivity index (χ2n) is 4.80. The van der Waals surface area contributed by atoms with E-state index in [-0.39, 0.29) is 0 Å². The Kier molecular flexibility index (Phi) is 4.45. The lowest BCUT2D eigenvalue weighted by molar-refractivity contribution is -0.132. The number of nitrogens with zero attached hydrogens (tertiary/aromatic N) is 2. The number of thioether (sulfide) groups is 1. The molecule has 24 heavy (non-hydrogen) atoms. The van der Waals surface area contributed by atoms with Crippen molar-refractivity contribution < 1.29 is 9.59 Å². The molecule has 3 aromatic rings. The lowest BCUT2D eigenvalue weighted by Gasteiger charge is -2.07. The standard InChI is InChI=1S/C16H11N5O2S/c17-9-24-13-5-3-11(4-6-13)19-15(22)16(23)20-12-2-1-10-8-18-21-14(10)7-12/h1-8H,(H,18,21)(H,19,22)(H,20,23). The van der Waals surface area contributed by atoms with Gasteiger partial charge in [-0.25, -0.2) is 0 Å². The normalized spacial score (nSPS) is 10.1. The summed E-state index contributed by atoms with van der Waals surface area (Å²) in [6, 6.07) is 11.8. The second kappa shape index (κ2) is 6.85. The third-order valence-electron chi connectivity index (χ3n) is 3.18. The van der Waals surface area contributed by atoms with Gasteiger partial charge in [0.05, 0.1) is 11.7 Å². The number of anilines is 2. The lowest BCUT2D eigenvalue weighted by Crippen LogP contribution is -2.29. The first kappa shape index (κ1) is 15.6. The van der Waals surface area contributed by atoms with Crippen LogP contribution < -0.4 is 10.6 Å². The fourth-order valence-electron chi connectivity index (χ4n) is 2.05. The van der Waals surface area contributed by atoms with Gasteiger partial charge in [0.15, 0.2) is 0 Å². The van der Waals surface area contributed by atoms with Crippen LogP contribution in [0, 0.1) is 10.7 Å². The summed E-state index contributed by atoms with van der Waals surface area (Å²) in [5.41, 5.74) is 1.73. The van der Waals surface area contributed by atoms with Crippen molar-refractivity contribution in [3.63, 3.8) is 0 Å². The molecule has 0 aliphatic rings. The zero-order valence-electron chi connectivity index (χ0n) is 12.2. The first-order chi connectivity index (χ1) is 11.7. The van der Waals surface area contributed by atoms with Crippen LogP contribution in [0.25, 0.3) is 10.9 Å². The Bertz CT molecular complexity index is 943. The molecule has 7 nitrogen and oxygen atoms in total. The van der Waals surface area contributed by atoms with Crippen LogP contribution in [0.1, 0.15) is 0 Å². The number of aromatic nitrogens is 2. The Morgan fingerprint density at radius 3 is 2.42 bits per heavy atom. The Morgan fingerprint density at radius 2 is 1.71 bits per heavy atom. The van der Waals surface area contributed by atoms with E-state index in [1.165, 1.54) is 0 Å². The van der Waals surface area contributed by atoms with E-state index in [1.54, 1.807) is 48.7 Å². The van der Waals surface area contributed by atoms with Crippen LogP contribution in [0.5, 0.6) is 0 Å². The average Bonchev–Trinajstić information content (AvgIpc) is 3.04. The first-order valence-corrected chi connectivity index (χ1v) is 7.69. The van der Waals surface area contributed by atoms with Gasteiger partial charge in [-0.2, -0.15) is 10.4 Å². The predicted molar refractivity (Wildman–Crippen MR) is 91.3 cm³/mol. The van der Waals surface area contributed by atoms with Gasteiger partial charge in [0, 0.05) is 21.7 Å². The Labute approximate surface area is 141 Å². The Morgan fingerprint density at radius 1 is 1.04 bits per heavy atom. The minimum absolute atomic E-state index is 0.474. The molecule has 2 amide bonds. The molecule has 0 bridgehead atoms. The Balaban J connectivity index is 1.63. The summed E-state index contributed by atoms with van der Waals surface area (Å²) in [4.78, 5) is 24.7. The fourth-order valence-corrected chi connectivity index (χ4v) is 2.43. The van der Waals surface area contributed by atoms with E-state index in [0.29, 0.717) is 11.4 Å². The minimum Gasteiger partial charge on any atom is -0.318 e. The maximum Gasteiger partial charge on any atom is 0.314 e. The number of hydrogen-bond acceptors (Lipinski definition) is 5. The molecule has 118 valence electrons. The van der Waals surface area contributed by atoms with E-state index in [2.05, 4.69) is 20.8 Å². The lowest BCUT2D eigenvalue weighted by atomic mass is 10.2. The van der Waals surface area contributed by atoms with Crippen LogP contribution in [-0.4, -0.2) is 22.0 Å². The maximum atomic E-state index is 12.0. The van der Waals surface area contributed by atoms with Gasteiger partial charge in [-0.15, -0.1) is 0 Å². The van der Waals surface area contributed by atoms with Crippen molar-refractivity contribution in [3.8, 4) is 5.40 Å². The zero-order chi connectivity index (χ0) is 16.9. The van der Waals surface area contributed by atoms with Gasteiger partial charge in [-0.3, -0.25) is 14.7 Å². The van der Waals surface area contributed by atoms with Crippen molar-refractivity contribution in [2.45, 2.75) is 4.90 Å². The van der Waals surface area contributed by atoms with E-state index in [1.807, 2.05) is 5.40 Å². The highest BCUT2D eigenvalue weighted by molar-refractivity contribution is 8.03. The van der Waals surface area contributed by atoms with Gasteiger partial charge in [0.25, 0.3) is 0 Å². The molecule has 0 saturated carbocycles. The number of aromatic amines is 1. The number of H-pyrrole nitrogens is 1. The number of fused-ring (bicyclic) bond motifs is 1. The molecule has 0 spiro atoms. The van der Waals surface area contributed by atoms with Gasteiger partial charge in [0.2, 0.25) is 0 Å². The van der Waals surface area contributed by atoms with Crippen LogP contribution >= 0.6 is 11.8 Å². The fraction of sp³-hybridized carbons (Fsp3) is 0. The molecule has 0 unspecified atom stereocenters. The summed E-state index contributed by atoms with van der Waals surface area (Å²) in [6.45, 7) is 0. The molecule has 1 aromatic heterocycles. The average molecular weight is 337 g/mol. The molecule has 8 heteroatoms. The number of hydrogen-bond donors (Lipinski definition) is 3. The molecule has 0 radical (unpaired) electrons. The number of rotatable bonds is 3. The largest absolute Gasteiger partial charge is 0.318 e. The molecule has 1 heterocycles. The summed E-state index contributed by atoms with van der Waals surface area (Å²) in [6.07, 6.45) is 1.67. The molecule has 0 saturated heterocycles. The summed E-state index contributed by atoms with van der Waals surface area (Å²) in [5.74, 6) is -1.55. The van der Waals surface area contributed by atoms with Crippen LogP contribution in [0.15, 0.2) is 53.6 Å². The van der Waals surface area contributed by atoms with Gasteiger partial charge in [0.1, 0.15) is 5.40 Å². The first-order valence-electron chi connectivity index (χ1n) is 6.87. The highest BCUT2D eigenvalue weighted by Crippen LogP contribution is 2.19. The predicted octanol–water partition coefficient (Wildman–Crippen LogP) is 2.71. The van der Waals surface area contributed by atoms with Gasteiger partial charge in [-0.1, -0.05) is 0 Å². The van der Waals surface area contributed by atoms with Crippen LogP contribution in [0.4, 0.5) is 11.4 Å². The van der Waals surface area contributed by atoms with E-state index >= 15 is 0 Å². The van der Waals surface area contributed by atoms with Crippen LogP contribution in [0.3, 0.4) is 0 Å². The van der Waals surface area contributed by atoms with Gasteiger partial charge >= 0.3 is 11.8 Å². The van der Waals surface area contributed by atoms with Crippen LogP contribution in [-0.2, 0) is 9.59 Å². The molecular formula is C16H11N5O2S. The smallest absolute Gasteiger partial charge is 0.314 e. The van der Waals surface area contributed by atoms with E-state index in [9.17, 15) is 9.59 Å². The highest BCUT2D eigenvalue weighted by Gasteiger charge is 2.14. The summed E-state index contributed by atoms with van der Waals surface area (Å²) >= 11 is 1.02. The quantitative estimate of drug-likeness (QED) is 0.386. The van der Waals surface area contributed by atoms with Crippen molar-refractivity contribution >= 4 is 45.9 Å². The van der Waals surface area contributed by atoms with E-state index < -0.39 is 11.8 Å². The molecule has 0 aliphatic heterocycles. The Hall–Kier alpha value is -3.31. The van der Waals surface area contributed by atoms with Crippen LogP contribution in [0.2, 0.25) is 0 Å². The molecule has 0 atom stereocenters. The number of nitriles is 1.